The fraction of sp³-hybridized carbons (Fsp3) is 0.286. The van der Waals surface area contributed by atoms with Gasteiger partial charge < -0.3 is 24.8 Å². The van der Waals surface area contributed by atoms with Crippen LogP contribution in [-0.4, -0.2) is 70.6 Å². The molecule has 0 bridgehead atoms. The molecular weight excluding hydrogens is 556 g/mol. The Bertz CT molecular complexity index is 1550. The molecule has 3 aromatic carbocycles. The number of aromatic nitrogens is 1. The molecule has 0 aliphatic carbocycles. The molecule has 0 saturated heterocycles. The van der Waals surface area contributed by atoms with E-state index in [1.807, 2.05) is 75.5 Å². The van der Waals surface area contributed by atoms with Crippen LogP contribution in [0.3, 0.4) is 0 Å². The van der Waals surface area contributed by atoms with Gasteiger partial charge in [0.15, 0.2) is 5.75 Å². The minimum atomic E-state index is -0.388. The molecule has 1 aliphatic rings. The molecule has 0 unspecified atom stereocenters. The number of nitrogens with zero attached hydrogens (tertiary/aromatic N) is 3. The van der Waals surface area contributed by atoms with Crippen molar-refractivity contribution >= 4 is 17.5 Å². The second-order valence-corrected chi connectivity index (χ2v) is 11.3. The van der Waals surface area contributed by atoms with Crippen LogP contribution in [0.1, 0.15) is 40.1 Å². The number of amides is 2. The SMILES string of the molecule is C[C@@H]1CN([C@H](C)CO)C(=O)c2cccc(NC(=O)c3ccncc3)c2O[C@@H]1CN(C)Cc1ccc(Oc2ccccc2)cc1. The van der Waals surface area contributed by atoms with Gasteiger partial charge in [0.2, 0.25) is 0 Å². The highest BCUT2D eigenvalue weighted by molar-refractivity contribution is 6.07. The Hall–Kier alpha value is -4.73. The predicted molar refractivity (Wildman–Crippen MR) is 169 cm³/mol. The van der Waals surface area contributed by atoms with Crippen LogP contribution in [0, 0.1) is 5.92 Å². The summed E-state index contributed by atoms with van der Waals surface area (Å²) in [4.78, 5) is 34.7. The smallest absolute Gasteiger partial charge is 0.258 e. The Morgan fingerprint density at radius 3 is 2.45 bits per heavy atom. The lowest BCUT2D eigenvalue weighted by molar-refractivity contribution is 0.0343. The number of aliphatic hydroxyl groups is 1. The summed E-state index contributed by atoms with van der Waals surface area (Å²) in [6.07, 6.45) is 2.78. The molecule has 44 heavy (non-hydrogen) atoms. The zero-order valence-corrected chi connectivity index (χ0v) is 25.2. The molecular formula is C35H38N4O5. The van der Waals surface area contributed by atoms with Crippen molar-refractivity contribution in [1.82, 2.24) is 14.8 Å². The number of hydrogen-bond donors (Lipinski definition) is 2. The number of rotatable bonds is 10. The van der Waals surface area contributed by atoms with Crippen molar-refractivity contribution < 1.29 is 24.2 Å². The average molecular weight is 595 g/mol. The highest BCUT2D eigenvalue weighted by atomic mass is 16.5. The first-order valence-corrected chi connectivity index (χ1v) is 14.8. The molecule has 1 aromatic heterocycles. The number of fused-ring (bicyclic) bond motifs is 1. The number of benzene rings is 3. The number of carbonyl (C=O) groups is 2. The highest BCUT2D eigenvalue weighted by Crippen LogP contribution is 2.35. The van der Waals surface area contributed by atoms with E-state index in [0.717, 1.165) is 17.1 Å². The third-order valence-electron chi connectivity index (χ3n) is 7.73. The fourth-order valence-electron chi connectivity index (χ4n) is 5.23. The molecule has 9 nitrogen and oxygen atoms in total. The number of pyridine rings is 1. The first-order chi connectivity index (χ1) is 21.3. The van der Waals surface area contributed by atoms with Crippen LogP contribution in [0.5, 0.6) is 17.2 Å². The van der Waals surface area contributed by atoms with E-state index in [1.165, 1.54) is 0 Å². The zero-order valence-electron chi connectivity index (χ0n) is 25.2. The summed E-state index contributed by atoms with van der Waals surface area (Å²) >= 11 is 0. The molecule has 0 radical (unpaired) electrons. The van der Waals surface area contributed by atoms with E-state index in [0.29, 0.717) is 42.2 Å². The average Bonchev–Trinajstić information content (AvgIpc) is 3.04. The molecule has 2 N–H and O–H groups in total. The van der Waals surface area contributed by atoms with E-state index in [4.69, 9.17) is 9.47 Å². The highest BCUT2D eigenvalue weighted by Gasteiger charge is 2.34. The minimum Gasteiger partial charge on any atom is -0.486 e. The van der Waals surface area contributed by atoms with Crippen molar-refractivity contribution in [3.8, 4) is 17.2 Å². The van der Waals surface area contributed by atoms with Crippen LogP contribution < -0.4 is 14.8 Å². The maximum atomic E-state index is 13.7. The number of ether oxygens (including phenoxy) is 2. The van der Waals surface area contributed by atoms with E-state index in [-0.39, 0.29) is 36.5 Å². The van der Waals surface area contributed by atoms with Crippen molar-refractivity contribution in [2.45, 2.75) is 32.5 Å². The van der Waals surface area contributed by atoms with Crippen LogP contribution in [0.2, 0.25) is 0 Å². The van der Waals surface area contributed by atoms with Crippen LogP contribution >= 0.6 is 0 Å². The third-order valence-corrected chi connectivity index (χ3v) is 7.73. The monoisotopic (exact) mass is 594 g/mol. The van der Waals surface area contributed by atoms with Gasteiger partial charge >= 0.3 is 0 Å². The van der Waals surface area contributed by atoms with Gasteiger partial charge in [-0.25, -0.2) is 0 Å². The van der Waals surface area contributed by atoms with Gasteiger partial charge in [-0.3, -0.25) is 19.5 Å². The number of carbonyl (C=O) groups excluding carboxylic acids is 2. The lowest BCUT2D eigenvalue weighted by Gasteiger charge is -2.38. The van der Waals surface area contributed by atoms with Gasteiger partial charge in [0.1, 0.15) is 17.6 Å². The largest absolute Gasteiger partial charge is 0.486 e. The summed E-state index contributed by atoms with van der Waals surface area (Å²) in [5.41, 5.74) is 2.30. The topological polar surface area (TPSA) is 104 Å². The van der Waals surface area contributed by atoms with Crippen molar-refractivity contribution in [2.75, 3.05) is 32.1 Å². The lowest BCUT2D eigenvalue weighted by atomic mass is 9.98. The van der Waals surface area contributed by atoms with Crippen LogP contribution in [0.15, 0.2) is 97.3 Å². The molecule has 9 heteroatoms. The molecule has 0 fully saturated rings. The Morgan fingerprint density at radius 2 is 1.75 bits per heavy atom. The molecule has 0 saturated carbocycles. The maximum absolute atomic E-state index is 13.7. The molecule has 228 valence electrons. The lowest BCUT2D eigenvalue weighted by Crippen LogP contribution is -2.49. The van der Waals surface area contributed by atoms with Crippen LogP contribution in [-0.2, 0) is 6.54 Å². The molecule has 2 amide bonds. The summed E-state index contributed by atoms with van der Waals surface area (Å²) in [6.45, 7) is 5.35. The first-order valence-electron chi connectivity index (χ1n) is 14.8. The number of hydrogen-bond acceptors (Lipinski definition) is 7. The first kappa shape index (κ1) is 30.7. The molecule has 3 atom stereocenters. The zero-order chi connectivity index (χ0) is 31.1. The molecule has 4 aromatic rings. The summed E-state index contributed by atoms with van der Waals surface area (Å²) in [6, 6.07) is 25.7. The molecule has 0 spiro atoms. The normalized spacial score (nSPS) is 17.2. The van der Waals surface area contributed by atoms with E-state index in [9.17, 15) is 14.7 Å². The van der Waals surface area contributed by atoms with Gasteiger partial charge in [-0.2, -0.15) is 0 Å². The summed E-state index contributed by atoms with van der Waals surface area (Å²) in [5.74, 6) is 1.21. The minimum absolute atomic E-state index is 0.0749. The Morgan fingerprint density at radius 1 is 1.05 bits per heavy atom. The summed E-state index contributed by atoms with van der Waals surface area (Å²) in [7, 11) is 2.03. The number of para-hydroxylation sites is 2. The second-order valence-electron chi connectivity index (χ2n) is 11.3. The quantitative estimate of drug-likeness (QED) is 0.251. The van der Waals surface area contributed by atoms with Crippen LogP contribution in [0.4, 0.5) is 5.69 Å². The van der Waals surface area contributed by atoms with Gasteiger partial charge in [-0.1, -0.05) is 43.3 Å². The van der Waals surface area contributed by atoms with Crippen molar-refractivity contribution in [3.05, 3.63) is 114 Å². The maximum Gasteiger partial charge on any atom is 0.258 e. The number of anilines is 1. The summed E-state index contributed by atoms with van der Waals surface area (Å²) in [5, 5.41) is 12.9. The molecule has 2 heterocycles. The van der Waals surface area contributed by atoms with Crippen LogP contribution in [0.25, 0.3) is 0 Å². The van der Waals surface area contributed by atoms with Crippen molar-refractivity contribution in [3.63, 3.8) is 0 Å². The number of aliphatic hydroxyl groups excluding tert-OH is 1. The van der Waals surface area contributed by atoms with Gasteiger partial charge in [0.25, 0.3) is 11.8 Å². The van der Waals surface area contributed by atoms with Crippen molar-refractivity contribution in [1.29, 1.82) is 0 Å². The van der Waals surface area contributed by atoms with Gasteiger partial charge in [0, 0.05) is 43.5 Å². The summed E-state index contributed by atoms with van der Waals surface area (Å²) < 4.78 is 12.6. The van der Waals surface area contributed by atoms with Gasteiger partial charge in [-0.15, -0.1) is 0 Å². The second kappa shape index (κ2) is 14.2. The standard InChI is InChI=1S/C35H38N4O5/c1-24-20-39(25(2)23-40)35(42)30-10-7-11-31(37-34(41)27-16-18-36-19-17-27)33(30)44-32(24)22-38(3)21-26-12-14-29(15-13-26)43-28-8-5-4-6-9-28/h4-19,24-25,32,40H,20-23H2,1-3H3,(H,37,41)/t24-,25-,32-/m1/s1. The van der Waals surface area contributed by atoms with Crippen molar-refractivity contribution in [2.24, 2.45) is 5.92 Å². The van der Waals surface area contributed by atoms with E-state index >= 15 is 0 Å². The Labute approximate surface area is 258 Å². The van der Waals surface area contributed by atoms with Gasteiger partial charge in [-0.05, 0) is 68.1 Å². The molecule has 1 aliphatic heterocycles. The van der Waals surface area contributed by atoms with E-state index < -0.39 is 0 Å². The van der Waals surface area contributed by atoms with E-state index in [1.54, 1.807) is 47.6 Å². The third kappa shape index (κ3) is 7.42. The number of likely N-dealkylation sites (N-methyl/N-ethyl adjacent to an activating group) is 1. The van der Waals surface area contributed by atoms with E-state index in [2.05, 4.69) is 15.2 Å². The Balaban J connectivity index is 1.36. The molecule has 5 rings (SSSR count). The Kier molecular flexibility index (Phi) is 9.89. The van der Waals surface area contributed by atoms with Gasteiger partial charge in [0.05, 0.1) is 23.9 Å². The number of nitrogens with one attached hydrogen (secondary N) is 1. The fourth-order valence-corrected chi connectivity index (χ4v) is 5.23. The predicted octanol–water partition coefficient (Wildman–Crippen LogP) is 5.48.